The van der Waals surface area contributed by atoms with E-state index in [1.54, 1.807) is 0 Å². The molecule has 2 aliphatic rings. The number of amides is 1. The highest BCUT2D eigenvalue weighted by Gasteiger charge is 2.42. The van der Waals surface area contributed by atoms with E-state index in [4.69, 9.17) is 0 Å². The van der Waals surface area contributed by atoms with Crippen LogP contribution in [0.2, 0.25) is 0 Å². The van der Waals surface area contributed by atoms with Gasteiger partial charge in [0.2, 0.25) is 5.91 Å². The molecule has 3 rings (SSSR count). The lowest BCUT2D eigenvalue weighted by molar-refractivity contribution is -0.121. The monoisotopic (exact) mass is 229 g/mol. The van der Waals surface area contributed by atoms with Crippen molar-refractivity contribution in [3.63, 3.8) is 0 Å². The molecule has 0 radical (unpaired) electrons. The van der Waals surface area contributed by atoms with Crippen LogP contribution in [-0.2, 0) is 4.79 Å². The number of aryl methyl sites for hydroxylation is 1. The summed E-state index contributed by atoms with van der Waals surface area (Å²) in [5.74, 6) is 2.00. The maximum Gasteiger partial charge on any atom is 0.227 e. The molecule has 1 amide bonds. The first-order valence-corrected chi connectivity index (χ1v) is 6.60. The predicted molar refractivity (Wildman–Crippen MR) is 68.7 cm³/mol. The second kappa shape index (κ2) is 4.17. The van der Waals surface area contributed by atoms with Gasteiger partial charge in [-0.1, -0.05) is 24.1 Å². The van der Waals surface area contributed by atoms with Crippen LogP contribution in [-0.4, -0.2) is 5.91 Å². The average Bonchev–Trinajstić information content (AvgIpc) is 2.94. The number of carbonyl (C=O) groups is 1. The van der Waals surface area contributed by atoms with Crippen LogP contribution in [0, 0.1) is 24.7 Å². The highest BCUT2D eigenvalue weighted by Crippen LogP contribution is 2.48. The largest absolute Gasteiger partial charge is 0.326 e. The van der Waals surface area contributed by atoms with E-state index in [1.807, 2.05) is 24.3 Å². The molecule has 2 fully saturated rings. The van der Waals surface area contributed by atoms with E-state index in [9.17, 15) is 4.79 Å². The smallest absolute Gasteiger partial charge is 0.227 e. The van der Waals surface area contributed by atoms with Crippen LogP contribution in [0.5, 0.6) is 0 Å². The Morgan fingerprint density at radius 3 is 2.53 bits per heavy atom. The van der Waals surface area contributed by atoms with E-state index in [2.05, 4.69) is 12.2 Å². The third-order valence-electron chi connectivity index (χ3n) is 4.39. The third kappa shape index (κ3) is 2.08. The van der Waals surface area contributed by atoms with Gasteiger partial charge >= 0.3 is 0 Å². The highest BCUT2D eigenvalue weighted by molar-refractivity contribution is 5.93. The highest BCUT2D eigenvalue weighted by atomic mass is 16.1. The van der Waals surface area contributed by atoms with Crippen molar-refractivity contribution < 1.29 is 4.79 Å². The summed E-state index contributed by atoms with van der Waals surface area (Å²) in [6, 6.07) is 8.05. The summed E-state index contributed by atoms with van der Waals surface area (Å²) in [6.07, 6.45) is 5.00. The summed E-state index contributed by atoms with van der Waals surface area (Å²) in [6.45, 7) is 2.06. The molecule has 90 valence electrons. The number of rotatable bonds is 2. The van der Waals surface area contributed by atoms with Gasteiger partial charge < -0.3 is 5.32 Å². The number of nitrogens with one attached hydrogen (secondary N) is 1. The topological polar surface area (TPSA) is 29.1 Å². The van der Waals surface area contributed by atoms with Crippen LogP contribution in [0.25, 0.3) is 0 Å². The lowest BCUT2D eigenvalue weighted by atomic mass is 9.88. The summed E-state index contributed by atoms with van der Waals surface area (Å²) < 4.78 is 0. The first-order chi connectivity index (χ1) is 8.22. The van der Waals surface area contributed by atoms with Crippen LogP contribution < -0.4 is 5.32 Å². The zero-order valence-corrected chi connectivity index (χ0v) is 10.3. The van der Waals surface area contributed by atoms with Crippen molar-refractivity contribution in [3.05, 3.63) is 29.8 Å². The molecule has 0 aliphatic heterocycles. The van der Waals surface area contributed by atoms with Gasteiger partial charge in [-0.3, -0.25) is 4.79 Å². The van der Waals surface area contributed by atoms with Gasteiger partial charge in [0.15, 0.2) is 0 Å². The van der Waals surface area contributed by atoms with E-state index in [0.717, 1.165) is 18.0 Å². The van der Waals surface area contributed by atoms with Crippen molar-refractivity contribution in [2.24, 2.45) is 17.8 Å². The Labute approximate surface area is 102 Å². The molecule has 2 saturated carbocycles. The fourth-order valence-corrected chi connectivity index (χ4v) is 3.44. The molecule has 0 heterocycles. The lowest BCUT2D eigenvalue weighted by Crippen LogP contribution is -2.27. The molecule has 1 N–H and O–H groups in total. The van der Waals surface area contributed by atoms with Crippen LogP contribution in [0.4, 0.5) is 5.69 Å². The van der Waals surface area contributed by atoms with Crippen LogP contribution in [0.15, 0.2) is 24.3 Å². The Bertz CT molecular complexity index is 423. The Balaban J connectivity index is 1.65. The molecule has 2 bridgehead atoms. The van der Waals surface area contributed by atoms with Crippen LogP contribution >= 0.6 is 0 Å². The minimum Gasteiger partial charge on any atom is -0.326 e. The lowest BCUT2D eigenvalue weighted by Gasteiger charge is -2.20. The second-order valence-corrected chi connectivity index (χ2v) is 5.64. The number of hydrogen-bond donors (Lipinski definition) is 1. The van der Waals surface area contributed by atoms with Gasteiger partial charge in [0.1, 0.15) is 0 Å². The average molecular weight is 229 g/mol. The maximum atomic E-state index is 12.2. The molecular weight excluding hydrogens is 210 g/mol. The summed E-state index contributed by atoms with van der Waals surface area (Å²) in [7, 11) is 0. The van der Waals surface area contributed by atoms with Gasteiger partial charge in [-0.15, -0.1) is 0 Å². The van der Waals surface area contributed by atoms with Crippen molar-refractivity contribution >= 4 is 11.6 Å². The number of carbonyl (C=O) groups excluding carboxylic acids is 1. The van der Waals surface area contributed by atoms with E-state index < -0.39 is 0 Å². The maximum absolute atomic E-state index is 12.2. The van der Waals surface area contributed by atoms with E-state index >= 15 is 0 Å². The summed E-state index contributed by atoms with van der Waals surface area (Å²) in [4.78, 5) is 12.2. The molecule has 0 aromatic heterocycles. The zero-order chi connectivity index (χ0) is 11.8. The van der Waals surface area contributed by atoms with E-state index in [1.165, 1.54) is 24.8 Å². The molecule has 1 unspecified atom stereocenters. The standard InChI is InChI=1S/C15H19NO/c1-10-2-6-13(7-3-10)16-15(17)14-9-11-4-5-12(14)8-11/h2-3,6-7,11-12,14H,4-5,8-9H2,1H3,(H,16,17)/t11?,12-,14+/m1/s1. The Kier molecular flexibility index (Phi) is 2.65. The van der Waals surface area contributed by atoms with Gasteiger partial charge in [0.05, 0.1) is 0 Å². The van der Waals surface area contributed by atoms with Gasteiger partial charge in [-0.2, -0.15) is 0 Å². The van der Waals surface area contributed by atoms with Gasteiger partial charge in [-0.05, 0) is 50.2 Å². The Hall–Kier alpha value is -1.31. The fourth-order valence-electron chi connectivity index (χ4n) is 3.44. The van der Waals surface area contributed by atoms with Gasteiger partial charge in [0, 0.05) is 11.6 Å². The Morgan fingerprint density at radius 2 is 1.94 bits per heavy atom. The number of benzene rings is 1. The summed E-state index contributed by atoms with van der Waals surface area (Å²) >= 11 is 0. The molecule has 17 heavy (non-hydrogen) atoms. The van der Waals surface area contributed by atoms with Crippen molar-refractivity contribution in [2.75, 3.05) is 5.32 Å². The molecule has 3 atom stereocenters. The van der Waals surface area contributed by atoms with E-state index in [0.29, 0.717) is 5.92 Å². The fraction of sp³-hybridized carbons (Fsp3) is 0.533. The molecule has 0 saturated heterocycles. The summed E-state index contributed by atoms with van der Waals surface area (Å²) in [5.41, 5.74) is 2.16. The summed E-state index contributed by atoms with van der Waals surface area (Å²) in [5, 5.41) is 3.06. The molecule has 0 spiro atoms. The van der Waals surface area contributed by atoms with Crippen molar-refractivity contribution in [1.29, 1.82) is 0 Å². The molecule has 2 aliphatic carbocycles. The van der Waals surface area contributed by atoms with Crippen molar-refractivity contribution in [2.45, 2.75) is 32.6 Å². The minimum atomic E-state index is 0.237. The van der Waals surface area contributed by atoms with Crippen molar-refractivity contribution in [1.82, 2.24) is 0 Å². The molecule has 2 nitrogen and oxygen atoms in total. The minimum absolute atomic E-state index is 0.237. The predicted octanol–water partition coefficient (Wildman–Crippen LogP) is 3.37. The normalized spacial score (nSPS) is 30.5. The Morgan fingerprint density at radius 1 is 1.18 bits per heavy atom. The number of anilines is 1. The first-order valence-electron chi connectivity index (χ1n) is 6.60. The van der Waals surface area contributed by atoms with Crippen molar-refractivity contribution in [3.8, 4) is 0 Å². The molecule has 1 aromatic rings. The zero-order valence-electron chi connectivity index (χ0n) is 10.3. The first kappa shape index (κ1) is 10.8. The quantitative estimate of drug-likeness (QED) is 0.827. The third-order valence-corrected chi connectivity index (χ3v) is 4.39. The number of fused-ring (bicyclic) bond motifs is 2. The van der Waals surface area contributed by atoms with Crippen LogP contribution in [0.3, 0.4) is 0 Å². The molecule has 2 heteroatoms. The van der Waals surface area contributed by atoms with E-state index in [-0.39, 0.29) is 11.8 Å². The second-order valence-electron chi connectivity index (χ2n) is 5.64. The number of hydrogen-bond acceptors (Lipinski definition) is 1. The SMILES string of the molecule is Cc1ccc(NC(=O)[C@H]2CC3CC[C@@H]2C3)cc1. The van der Waals surface area contributed by atoms with Gasteiger partial charge in [-0.25, -0.2) is 0 Å². The van der Waals surface area contributed by atoms with Crippen LogP contribution in [0.1, 0.15) is 31.2 Å². The molecule has 1 aromatic carbocycles. The van der Waals surface area contributed by atoms with Gasteiger partial charge in [0.25, 0.3) is 0 Å². The molecular formula is C15H19NO.